The van der Waals surface area contributed by atoms with E-state index in [4.69, 9.17) is 9.47 Å². The fourth-order valence-electron chi connectivity index (χ4n) is 4.60. The van der Waals surface area contributed by atoms with Gasteiger partial charge >= 0.3 is 0 Å². The van der Waals surface area contributed by atoms with Crippen LogP contribution in [0.2, 0.25) is 0 Å². The highest BCUT2D eigenvalue weighted by Crippen LogP contribution is 2.34. The molecule has 0 radical (unpaired) electrons. The number of hydrogen-bond acceptors (Lipinski definition) is 6. The van der Waals surface area contributed by atoms with E-state index in [9.17, 15) is 18.0 Å². The van der Waals surface area contributed by atoms with Crippen molar-refractivity contribution in [2.24, 2.45) is 0 Å². The average molecular weight is 596 g/mol. The second-order valence-electron chi connectivity index (χ2n) is 11.3. The Morgan fingerprint density at radius 2 is 1.57 bits per heavy atom. The van der Waals surface area contributed by atoms with Gasteiger partial charge in [-0.25, -0.2) is 8.42 Å². The molecule has 0 spiro atoms. The van der Waals surface area contributed by atoms with Gasteiger partial charge in [0.1, 0.15) is 24.1 Å². The Balaban J connectivity index is 2.11. The van der Waals surface area contributed by atoms with Crippen LogP contribution in [0.3, 0.4) is 0 Å². The lowest BCUT2D eigenvalue weighted by molar-refractivity contribution is -0.140. The third-order valence-electron chi connectivity index (χ3n) is 6.54. The molecule has 0 saturated carbocycles. The molecule has 1 unspecified atom stereocenters. The molecule has 0 aliphatic rings. The van der Waals surface area contributed by atoms with Crippen molar-refractivity contribution in [2.75, 3.05) is 31.3 Å². The predicted octanol–water partition coefficient (Wildman–Crippen LogP) is 4.33. The quantitative estimate of drug-likeness (QED) is 0.334. The molecule has 0 aliphatic heterocycles. The van der Waals surface area contributed by atoms with Crippen LogP contribution in [0.25, 0.3) is 0 Å². The van der Waals surface area contributed by atoms with Crippen LogP contribution >= 0.6 is 0 Å². The number of ether oxygens (including phenoxy) is 2. The first kappa shape index (κ1) is 32.5. The van der Waals surface area contributed by atoms with Gasteiger partial charge in [-0.15, -0.1) is 0 Å². The van der Waals surface area contributed by atoms with Crippen LogP contribution in [0.15, 0.2) is 72.8 Å². The molecule has 42 heavy (non-hydrogen) atoms. The van der Waals surface area contributed by atoms with Crippen LogP contribution in [0, 0.1) is 6.92 Å². The summed E-state index contributed by atoms with van der Waals surface area (Å²) >= 11 is 0. The fourth-order valence-corrected chi connectivity index (χ4v) is 5.45. The predicted molar refractivity (Wildman–Crippen MR) is 165 cm³/mol. The van der Waals surface area contributed by atoms with Gasteiger partial charge in [0.15, 0.2) is 0 Å². The largest absolute Gasteiger partial charge is 0.497 e. The Morgan fingerprint density at radius 3 is 2.14 bits per heavy atom. The van der Waals surface area contributed by atoms with E-state index < -0.39 is 34.1 Å². The van der Waals surface area contributed by atoms with Crippen LogP contribution in [0.4, 0.5) is 5.69 Å². The first-order valence-corrected chi connectivity index (χ1v) is 15.5. The molecule has 3 rings (SSSR count). The molecule has 0 bridgehead atoms. The van der Waals surface area contributed by atoms with E-state index in [1.54, 1.807) is 12.1 Å². The molecule has 1 atom stereocenters. The molecule has 2 amide bonds. The monoisotopic (exact) mass is 595 g/mol. The Morgan fingerprint density at radius 1 is 0.905 bits per heavy atom. The maximum absolute atomic E-state index is 14.3. The number of rotatable bonds is 12. The first-order chi connectivity index (χ1) is 19.7. The summed E-state index contributed by atoms with van der Waals surface area (Å²) in [5, 5.41) is 3.02. The fraction of sp³-hybridized carbons (Fsp3) is 0.375. The Labute approximate surface area is 249 Å². The van der Waals surface area contributed by atoms with Gasteiger partial charge in [-0.3, -0.25) is 13.9 Å². The second-order valence-corrected chi connectivity index (χ2v) is 13.2. The van der Waals surface area contributed by atoms with Gasteiger partial charge in [0.25, 0.3) is 0 Å². The number of benzene rings is 3. The summed E-state index contributed by atoms with van der Waals surface area (Å²) in [5.74, 6) is -0.174. The third-order valence-corrected chi connectivity index (χ3v) is 7.67. The zero-order valence-electron chi connectivity index (χ0n) is 25.4. The number of sulfonamides is 1. The molecule has 0 saturated heterocycles. The number of aryl methyl sites for hydroxylation is 1. The number of anilines is 1. The lowest BCUT2D eigenvalue weighted by Crippen LogP contribution is -2.56. The van der Waals surface area contributed by atoms with Gasteiger partial charge in [0.05, 0.1) is 26.2 Å². The molecule has 3 aromatic carbocycles. The molecule has 0 aromatic heterocycles. The van der Waals surface area contributed by atoms with E-state index in [0.717, 1.165) is 27.3 Å². The molecule has 10 heteroatoms. The van der Waals surface area contributed by atoms with E-state index >= 15 is 0 Å². The van der Waals surface area contributed by atoms with Gasteiger partial charge in [0.2, 0.25) is 21.8 Å². The minimum Gasteiger partial charge on any atom is -0.497 e. The second kappa shape index (κ2) is 13.7. The Hall–Kier alpha value is -4.05. The zero-order valence-corrected chi connectivity index (χ0v) is 26.2. The molecule has 0 aliphatic carbocycles. The maximum Gasteiger partial charge on any atom is 0.244 e. The van der Waals surface area contributed by atoms with Gasteiger partial charge in [-0.05, 0) is 51.0 Å². The lowest BCUT2D eigenvalue weighted by atomic mass is 10.0. The van der Waals surface area contributed by atoms with Crippen molar-refractivity contribution < 1.29 is 27.5 Å². The summed E-state index contributed by atoms with van der Waals surface area (Å²) in [7, 11) is -1.04. The summed E-state index contributed by atoms with van der Waals surface area (Å²) in [4.78, 5) is 29.6. The van der Waals surface area contributed by atoms with Crippen LogP contribution in [-0.4, -0.2) is 63.7 Å². The van der Waals surface area contributed by atoms with Crippen LogP contribution in [0.5, 0.6) is 11.5 Å². The van der Waals surface area contributed by atoms with Crippen LogP contribution in [-0.2, 0) is 32.6 Å². The minimum atomic E-state index is -3.95. The smallest absolute Gasteiger partial charge is 0.244 e. The highest BCUT2D eigenvalue weighted by atomic mass is 32.2. The van der Waals surface area contributed by atoms with Gasteiger partial charge < -0.3 is 19.7 Å². The Kier molecular flexibility index (Phi) is 10.6. The molecule has 0 fully saturated rings. The van der Waals surface area contributed by atoms with Crippen molar-refractivity contribution in [3.05, 3.63) is 89.5 Å². The number of nitrogens with zero attached hydrogens (tertiary/aromatic N) is 2. The van der Waals surface area contributed by atoms with E-state index in [2.05, 4.69) is 5.32 Å². The van der Waals surface area contributed by atoms with E-state index in [0.29, 0.717) is 5.75 Å². The molecular weight excluding hydrogens is 554 g/mol. The lowest BCUT2D eigenvalue weighted by Gasteiger charge is -2.35. The zero-order chi connectivity index (χ0) is 31.1. The van der Waals surface area contributed by atoms with E-state index in [-0.39, 0.29) is 30.3 Å². The number of carbonyl (C=O) groups excluding carboxylic acids is 2. The van der Waals surface area contributed by atoms with Crippen molar-refractivity contribution in [3.63, 3.8) is 0 Å². The number of nitrogens with one attached hydrogen (secondary N) is 1. The summed E-state index contributed by atoms with van der Waals surface area (Å²) < 4.78 is 37.9. The molecule has 1 N–H and O–H groups in total. The highest BCUT2D eigenvalue weighted by molar-refractivity contribution is 7.92. The van der Waals surface area contributed by atoms with Crippen molar-refractivity contribution >= 4 is 27.5 Å². The third kappa shape index (κ3) is 8.97. The molecule has 9 nitrogen and oxygen atoms in total. The first-order valence-electron chi connectivity index (χ1n) is 13.6. The number of hydrogen-bond donors (Lipinski definition) is 1. The molecule has 0 heterocycles. The maximum atomic E-state index is 14.3. The average Bonchev–Trinajstić information content (AvgIpc) is 2.92. The van der Waals surface area contributed by atoms with E-state index in [1.807, 2.05) is 82.3 Å². The van der Waals surface area contributed by atoms with Gasteiger partial charge in [-0.2, -0.15) is 0 Å². The SMILES string of the molecule is COc1ccc(N(CC(=O)N(Cc2cccc(C)c2)C(Cc2ccccc2)C(=O)NC(C)(C)C)S(C)(=O)=O)c(OC)c1. The molecule has 226 valence electrons. The number of methoxy groups -OCH3 is 2. The topological polar surface area (TPSA) is 105 Å². The van der Waals surface area contributed by atoms with Crippen molar-refractivity contribution in [2.45, 2.75) is 52.2 Å². The van der Waals surface area contributed by atoms with Gasteiger partial charge in [0, 0.05) is 24.6 Å². The van der Waals surface area contributed by atoms with Crippen molar-refractivity contribution in [1.82, 2.24) is 10.2 Å². The summed E-state index contributed by atoms with van der Waals surface area (Å²) in [6, 6.07) is 20.9. The summed E-state index contributed by atoms with van der Waals surface area (Å²) in [6.07, 6.45) is 1.27. The number of carbonyl (C=O) groups is 2. The van der Waals surface area contributed by atoms with E-state index in [1.165, 1.54) is 25.2 Å². The highest BCUT2D eigenvalue weighted by Gasteiger charge is 2.35. The molecular formula is C32H41N3O6S. The molecule has 3 aromatic rings. The van der Waals surface area contributed by atoms with Gasteiger partial charge in [-0.1, -0.05) is 60.2 Å². The van der Waals surface area contributed by atoms with Crippen LogP contribution in [0.1, 0.15) is 37.5 Å². The minimum absolute atomic E-state index is 0.104. The summed E-state index contributed by atoms with van der Waals surface area (Å²) in [5.41, 5.74) is 2.31. The van der Waals surface area contributed by atoms with Crippen molar-refractivity contribution in [1.29, 1.82) is 0 Å². The summed E-state index contributed by atoms with van der Waals surface area (Å²) in [6.45, 7) is 7.13. The van der Waals surface area contributed by atoms with Crippen molar-refractivity contribution in [3.8, 4) is 11.5 Å². The number of amides is 2. The Bertz CT molecular complexity index is 1490. The normalized spacial score (nSPS) is 12.3. The van der Waals surface area contributed by atoms with Crippen LogP contribution < -0.4 is 19.1 Å². The standard InChI is InChI=1S/C32H41N3O6S/c1-23-12-11-15-25(18-23)21-34(28(31(37)33-32(2,3)4)19-24-13-9-8-10-14-24)30(36)22-35(42(7,38)39)27-17-16-26(40-5)20-29(27)41-6/h8-18,20,28H,19,21-22H2,1-7H3,(H,33,37).